The highest BCUT2D eigenvalue weighted by Gasteiger charge is 2.41. The molecule has 1 unspecified atom stereocenters. The van der Waals surface area contributed by atoms with Crippen molar-refractivity contribution in [2.75, 3.05) is 7.11 Å². The Labute approximate surface area is 113 Å². The zero-order valence-corrected chi connectivity index (χ0v) is 12.5. The van der Waals surface area contributed by atoms with Gasteiger partial charge in [-0.25, -0.2) is 9.36 Å². The van der Waals surface area contributed by atoms with Crippen LogP contribution in [0.5, 0.6) is 0 Å². The summed E-state index contributed by atoms with van der Waals surface area (Å²) >= 11 is 0. The monoisotopic (exact) mass is 292 g/mol. The highest BCUT2D eigenvalue weighted by atomic mass is 31.2. The van der Waals surface area contributed by atoms with Crippen LogP contribution >= 0.6 is 7.82 Å². The normalized spacial score (nSPS) is 30.4. The highest BCUT2D eigenvalue weighted by molar-refractivity contribution is 7.48. The fourth-order valence-corrected chi connectivity index (χ4v) is 2.99. The number of hydrogen-bond acceptors (Lipinski definition) is 6. The van der Waals surface area contributed by atoms with E-state index < -0.39 is 19.4 Å². The Morgan fingerprint density at radius 2 is 2.00 bits per heavy atom. The third-order valence-corrected chi connectivity index (χ3v) is 4.63. The molecule has 1 rings (SSSR count). The number of phosphoric ester groups is 1. The van der Waals surface area contributed by atoms with Crippen LogP contribution in [-0.2, 0) is 28.0 Å². The molecule has 1 fully saturated rings. The van der Waals surface area contributed by atoms with Crippen LogP contribution in [0.2, 0.25) is 0 Å². The summed E-state index contributed by atoms with van der Waals surface area (Å²) in [6, 6.07) is 0. The van der Waals surface area contributed by atoms with Crippen LogP contribution < -0.4 is 0 Å². The van der Waals surface area contributed by atoms with E-state index in [0.717, 1.165) is 31.8 Å². The predicted molar refractivity (Wildman–Crippen MR) is 69.1 cm³/mol. The van der Waals surface area contributed by atoms with Gasteiger partial charge in [0.25, 0.3) is 0 Å². The van der Waals surface area contributed by atoms with Crippen molar-refractivity contribution >= 4 is 13.8 Å². The van der Waals surface area contributed by atoms with Crippen molar-refractivity contribution in [2.24, 2.45) is 5.92 Å². The summed E-state index contributed by atoms with van der Waals surface area (Å²) in [6.45, 7) is 7.21. The minimum atomic E-state index is -3.91. The van der Waals surface area contributed by atoms with Crippen molar-refractivity contribution in [1.82, 2.24) is 0 Å². The lowest BCUT2D eigenvalue weighted by molar-refractivity contribution is -0.222. The molecule has 19 heavy (non-hydrogen) atoms. The van der Waals surface area contributed by atoms with Crippen LogP contribution in [0, 0.1) is 5.92 Å². The summed E-state index contributed by atoms with van der Waals surface area (Å²) in [5.41, 5.74) is -0.599. The van der Waals surface area contributed by atoms with Gasteiger partial charge < -0.3 is 0 Å². The Morgan fingerprint density at radius 1 is 1.42 bits per heavy atom. The first-order valence-corrected chi connectivity index (χ1v) is 7.68. The summed E-state index contributed by atoms with van der Waals surface area (Å²) in [6.07, 6.45) is 4.35. The third kappa shape index (κ3) is 5.07. The molecule has 0 aliphatic heterocycles. The van der Waals surface area contributed by atoms with Gasteiger partial charge in [0.05, 0.1) is 5.60 Å². The topological polar surface area (TPSA) is 71.1 Å². The SMILES string of the molecule is C=CC(=O)OOP(=O)(OC)OC1(C)CCC(C)CC1. The molecule has 1 saturated carbocycles. The second-order valence-corrected chi connectivity index (χ2v) is 6.63. The zero-order chi connectivity index (χ0) is 14.5. The van der Waals surface area contributed by atoms with E-state index in [-0.39, 0.29) is 0 Å². The van der Waals surface area contributed by atoms with Crippen LogP contribution in [-0.4, -0.2) is 18.7 Å². The maximum Gasteiger partial charge on any atom is 0.511 e. The van der Waals surface area contributed by atoms with Gasteiger partial charge in [-0.1, -0.05) is 18.2 Å². The van der Waals surface area contributed by atoms with Crippen molar-refractivity contribution in [3.8, 4) is 0 Å². The van der Waals surface area contributed by atoms with Gasteiger partial charge in [-0.15, -0.1) is 0 Å². The number of phosphoric acid groups is 1. The first kappa shape index (κ1) is 16.4. The molecule has 0 aromatic rings. The lowest BCUT2D eigenvalue weighted by Crippen LogP contribution is -2.33. The van der Waals surface area contributed by atoms with E-state index in [1.807, 2.05) is 6.92 Å². The molecular formula is C12H21O6P. The van der Waals surface area contributed by atoms with Crippen LogP contribution in [0.25, 0.3) is 0 Å². The second-order valence-electron chi connectivity index (χ2n) is 5.03. The molecule has 0 saturated heterocycles. The molecule has 0 radical (unpaired) electrons. The minimum Gasteiger partial charge on any atom is -0.288 e. The molecule has 0 heterocycles. The Morgan fingerprint density at radius 3 is 2.47 bits per heavy atom. The second kappa shape index (κ2) is 6.66. The largest absolute Gasteiger partial charge is 0.511 e. The lowest BCUT2D eigenvalue weighted by Gasteiger charge is -2.36. The molecule has 1 atom stereocenters. The number of hydrogen-bond donors (Lipinski definition) is 0. The molecule has 1 aliphatic rings. The van der Waals surface area contributed by atoms with Gasteiger partial charge in [-0.3, -0.25) is 13.9 Å². The molecule has 0 bridgehead atoms. The third-order valence-electron chi connectivity index (χ3n) is 3.27. The fourth-order valence-electron chi connectivity index (χ4n) is 1.93. The van der Waals surface area contributed by atoms with Crippen molar-refractivity contribution in [1.29, 1.82) is 0 Å². The van der Waals surface area contributed by atoms with Crippen LogP contribution in [0.4, 0.5) is 0 Å². The summed E-state index contributed by atoms with van der Waals surface area (Å²) in [5.74, 6) is -0.235. The smallest absolute Gasteiger partial charge is 0.288 e. The number of carbonyl (C=O) groups is 1. The molecule has 6 nitrogen and oxygen atoms in total. The first-order chi connectivity index (χ1) is 8.82. The van der Waals surface area contributed by atoms with Gasteiger partial charge in [-0.2, -0.15) is 0 Å². The van der Waals surface area contributed by atoms with E-state index in [4.69, 9.17) is 9.05 Å². The van der Waals surface area contributed by atoms with Gasteiger partial charge in [-0.05, 0) is 38.5 Å². The Bertz CT molecular complexity index is 372. The Kier molecular flexibility index (Phi) is 5.74. The number of carbonyl (C=O) groups excluding carboxylic acids is 1. The highest BCUT2D eigenvalue weighted by Crippen LogP contribution is 2.55. The van der Waals surface area contributed by atoms with E-state index in [9.17, 15) is 9.36 Å². The molecule has 110 valence electrons. The van der Waals surface area contributed by atoms with Gasteiger partial charge in [0.2, 0.25) is 0 Å². The molecule has 0 spiro atoms. The maximum atomic E-state index is 12.2. The van der Waals surface area contributed by atoms with Crippen LogP contribution in [0.15, 0.2) is 12.7 Å². The standard InChI is InChI=1S/C12H21O6P/c1-5-11(13)16-18-19(14,15-4)17-12(3)8-6-10(2)7-9-12/h5,10H,1,6-9H2,2-4H3. The van der Waals surface area contributed by atoms with Crippen LogP contribution in [0.3, 0.4) is 0 Å². The fraction of sp³-hybridized carbons (Fsp3) is 0.750. The summed E-state index contributed by atoms with van der Waals surface area (Å²) in [5, 5.41) is 0. The maximum absolute atomic E-state index is 12.2. The first-order valence-electron chi connectivity index (χ1n) is 6.22. The molecule has 1 aliphatic carbocycles. The van der Waals surface area contributed by atoms with Gasteiger partial charge in [0.15, 0.2) is 0 Å². The predicted octanol–water partition coefficient (Wildman–Crippen LogP) is 3.39. The number of rotatable bonds is 6. The molecule has 0 N–H and O–H groups in total. The average Bonchev–Trinajstić information content (AvgIpc) is 2.40. The van der Waals surface area contributed by atoms with Crippen molar-refractivity contribution < 1.29 is 28.0 Å². The summed E-state index contributed by atoms with van der Waals surface area (Å²) in [7, 11) is -2.73. The zero-order valence-electron chi connectivity index (χ0n) is 11.6. The van der Waals surface area contributed by atoms with Gasteiger partial charge in [0.1, 0.15) is 0 Å². The van der Waals surface area contributed by atoms with Crippen molar-refractivity contribution in [3.05, 3.63) is 12.7 Å². The van der Waals surface area contributed by atoms with E-state index in [1.54, 1.807) is 0 Å². The van der Waals surface area contributed by atoms with E-state index >= 15 is 0 Å². The Hall–Kier alpha value is -0.680. The quantitative estimate of drug-likeness (QED) is 0.323. The summed E-state index contributed by atoms with van der Waals surface area (Å²) in [4.78, 5) is 15.2. The molecular weight excluding hydrogens is 271 g/mol. The average molecular weight is 292 g/mol. The molecule has 0 aromatic heterocycles. The van der Waals surface area contributed by atoms with Gasteiger partial charge >= 0.3 is 13.8 Å². The minimum absolute atomic E-state index is 0.599. The molecule has 0 aromatic carbocycles. The van der Waals surface area contributed by atoms with E-state index in [1.165, 1.54) is 7.11 Å². The van der Waals surface area contributed by atoms with Crippen molar-refractivity contribution in [3.63, 3.8) is 0 Å². The van der Waals surface area contributed by atoms with Crippen molar-refractivity contribution in [2.45, 2.75) is 45.1 Å². The summed E-state index contributed by atoms with van der Waals surface area (Å²) < 4.78 is 26.9. The Balaban J connectivity index is 2.61. The van der Waals surface area contributed by atoms with E-state index in [0.29, 0.717) is 5.92 Å². The van der Waals surface area contributed by atoms with Crippen LogP contribution in [0.1, 0.15) is 39.5 Å². The molecule has 7 heteroatoms. The lowest BCUT2D eigenvalue weighted by atomic mass is 9.81. The molecule has 0 amide bonds. The van der Waals surface area contributed by atoms with E-state index in [2.05, 4.69) is 23.1 Å². The van der Waals surface area contributed by atoms with Gasteiger partial charge in [0, 0.05) is 13.2 Å².